The summed E-state index contributed by atoms with van der Waals surface area (Å²) < 4.78 is 9.89. The average Bonchev–Trinajstić information content (AvgIpc) is 3.17. The van der Waals surface area contributed by atoms with E-state index in [9.17, 15) is 20.0 Å². The highest BCUT2D eigenvalue weighted by molar-refractivity contribution is 5.70. The SMILES string of the molecule is N#CCc1ccc(C(O)C[N+](=O)[O-])o1.N#CCc1ccc(C=O)o1. The number of rotatable bonds is 6. The van der Waals surface area contributed by atoms with Crippen LogP contribution in [0.2, 0.25) is 0 Å². The van der Waals surface area contributed by atoms with Crippen molar-refractivity contribution in [1.82, 2.24) is 0 Å². The molecule has 1 atom stereocenters. The van der Waals surface area contributed by atoms with Gasteiger partial charge in [-0.05, 0) is 24.3 Å². The van der Waals surface area contributed by atoms with Crippen molar-refractivity contribution < 1.29 is 23.7 Å². The maximum Gasteiger partial charge on any atom is 0.236 e. The standard InChI is InChI=1S/C8H8N2O4.C7H5NO2/c9-4-3-6-1-2-8(14-6)7(11)5-10(12)13;8-4-3-6-1-2-7(5-9)10-6/h1-2,7,11H,3,5H2;1-2,5H,3H2. The number of nitriles is 2. The lowest BCUT2D eigenvalue weighted by molar-refractivity contribution is -0.492. The van der Waals surface area contributed by atoms with E-state index in [4.69, 9.17) is 19.4 Å². The summed E-state index contributed by atoms with van der Waals surface area (Å²) in [5, 5.41) is 35.9. The van der Waals surface area contributed by atoms with Gasteiger partial charge in [0.1, 0.15) is 17.3 Å². The largest absolute Gasteiger partial charge is 0.462 e. The van der Waals surface area contributed by atoms with E-state index >= 15 is 0 Å². The average molecular weight is 331 g/mol. The molecule has 0 bridgehead atoms. The molecule has 0 aliphatic heterocycles. The summed E-state index contributed by atoms with van der Waals surface area (Å²) in [5.74, 6) is 1.31. The molecule has 1 unspecified atom stereocenters. The van der Waals surface area contributed by atoms with Crippen LogP contribution < -0.4 is 0 Å². The van der Waals surface area contributed by atoms with Gasteiger partial charge in [-0.3, -0.25) is 14.9 Å². The number of carbonyl (C=O) groups excluding carboxylic acids is 1. The van der Waals surface area contributed by atoms with Crippen molar-refractivity contribution in [1.29, 1.82) is 10.5 Å². The molecule has 2 aromatic rings. The highest BCUT2D eigenvalue weighted by Gasteiger charge is 2.17. The van der Waals surface area contributed by atoms with Crippen molar-refractivity contribution in [3.05, 3.63) is 57.4 Å². The van der Waals surface area contributed by atoms with E-state index in [0.717, 1.165) is 0 Å². The van der Waals surface area contributed by atoms with E-state index in [1.165, 1.54) is 12.1 Å². The molecule has 0 aliphatic rings. The number of carbonyl (C=O) groups is 1. The summed E-state index contributed by atoms with van der Waals surface area (Å²) in [6, 6.07) is 9.89. The van der Waals surface area contributed by atoms with Crippen molar-refractivity contribution in [2.75, 3.05) is 6.54 Å². The van der Waals surface area contributed by atoms with Crippen LogP contribution in [0.5, 0.6) is 0 Å². The van der Waals surface area contributed by atoms with Crippen molar-refractivity contribution in [3.63, 3.8) is 0 Å². The third kappa shape index (κ3) is 6.13. The summed E-state index contributed by atoms with van der Waals surface area (Å²) in [4.78, 5) is 19.5. The number of aldehydes is 1. The van der Waals surface area contributed by atoms with Gasteiger partial charge >= 0.3 is 0 Å². The van der Waals surface area contributed by atoms with Gasteiger partial charge in [-0.25, -0.2) is 0 Å². The van der Waals surface area contributed by atoms with Crippen LogP contribution in [0.15, 0.2) is 33.1 Å². The Kier molecular flexibility index (Phi) is 7.42. The minimum atomic E-state index is -1.25. The molecule has 0 radical (unpaired) electrons. The summed E-state index contributed by atoms with van der Waals surface area (Å²) >= 11 is 0. The zero-order valence-corrected chi connectivity index (χ0v) is 12.4. The minimum Gasteiger partial charge on any atom is -0.462 e. The molecule has 0 fully saturated rings. The van der Waals surface area contributed by atoms with E-state index in [-0.39, 0.29) is 24.4 Å². The minimum absolute atomic E-state index is 0.0885. The molecule has 0 aliphatic carbocycles. The van der Waals surface area contributed by atoms with Gasteiger partial charge in [0.2, 0.25) is 6.54 Å². The molecule has 24 heavy (non-hydrogen) atoms. The van der Waals surface area contributed by atoms with E-state index in [2.05, 4.69) is 0 Å². The molecule has 124 valence electrons. The molecule has 1 N–H and O–H groups in total. The summed E-state index contributed by atoms with van der Waals surface area (Å²) in [7, 11) is 0. The van der Waals surface area contributed by atoms with Gasteiger partial charge in [-0.15, -0.1) is 0 Å². The lowest BCUT2D eigenvalue weighted by atomic mass is 10.3. The molecule has 0 saturated carbocycles. The smallest absolute Gasteiger partial charge is 0.236 e. The summed E-state index contributed by atoms with van der Waals surface area (Å²) in [6.45, 7) is -0.598. The highest BCUT2D eigenvalue weighted by Crippen LogP contribution is 2.16. The van der Waals surface area contributed by atoms with Crippen LogP contribution in [0, 0.1) is 32.8 Å². The normalized spacial score (nSPS) is 10.6. The van der Waals surface area contributed by atoms with Crippen LogP contribution in [-0.4, -0.2) is 22.9 Å². The number of nitrogens with zero attached hydrogens (tertiary/aromatic N) is 3. The maximum absolute atomic E-state index is 10.1. The van der Waals surface area contributed by atoms with E-state index in [1.807, 2.05) is 12.1 Å². The van der Waals surface area contributed by atoms with Gasteiger partial charge in [-0.1, -0.05) is 0 Å². The Labute approximate surface area is 136 Å². The van der Waals surface area contributed by atoms with Crippen LogP contribution in [0.25, 0.3) is 0 Å². The Balaban J connectivity index is 0.000000254. The second-order valence-corrected chi connectivity index (χ2v) is 4.43. The molecular formula is C15H13N3O6. The number of hydrogen-bond acceptors (Lipinski definition) is 8. The molecule has 0 spiro atoms. The summed E-state index contributed by atoms with van der Waals surface area (Å²) in [5.41, 5.74) is 0. The Bertz CT molecular complexity index is 765. The van der Waals surface area contributed by atoms with Crippen molar-refractivity contribution in [2.45, 2.75) is 18.9 Å². The summed E-state index contributed by atoms with van der Waals surface area (Å²) in [6.07, 6.45) is -0.336. The molecule has 9 nitrogen and oxygen atoms in total. The fourth-order valence-corrected chi connectivity index (χ4v) is 1.61. The van der Waals surface area contributed by atoms with Gasteiger partial charge in [0.25, 0.3) is 0 Å². The van der Waals surface area contributed by atoms with E-state index < -0.39 is 17.6 Å². The molecule has 2 aromatic heterocycles. The quantitative estimate of drug-likeness (QED) is 0.477. The molecule has 0 amide bonds. The lowest BCUT2D eigenvalue weighted by Gasteiger charge is -2.00. The Hall–Kier alpha value is -3.43. The fourth-order valence-electron chi connectivity index (χ4n) is 1.61. The topological polar surface area (TPSA) is 154 Å². The zero-order valence-electron chi connectivity index (χ0n) is 12.4. The van der Waals surface area contributed by atoms with Gasteiger partial charge in [0, 0.05) is 4.92 Å². The predicted octanol–water partition coefficient (Wildman–Crippen LogP) is 1.81. The second-order valence-electron chi connectivity index (χ2n) is 4.43. The first kappa shape index (κ1) is 18.6. The van der Waals surface area contributed by atoms with Crippen LogP contribution in [0.3, 0.4) is 0 Å². The first-order valence-electron chi connectivity index (χ1n) is 6.66. The van der Waals surface area contributed by atoms with Crippen molar-refractivity contribution in [2.24, 2.45) is 0 Å². The first-order valence-corrected chi connectivity index (χ1v) is 6.66. The predicted molar refractivity (Wildman–Crippen MR) is 78.3 cm³/mol. The van der Waals surface area contributed by atoms with Crippen LogP contribution >= 0.6 is 0 Å². The monoisotopic (exact) mass is 331 g/mol. The third-order valence-corrected chi connectivity index (χ3v) is 2.64. The first-order chi connectivity index (χ1) is 11.5. The number of nitro groups is 1. The highest BCUT2D eigenvalue weighted by atomic mass is 16.6. The second kappa shape index (κ2) is 9.56. The number of hydrogen-bond donors (Lipinski definition) is 1. The molecule has 9 heteroatoms. The van der Waals surface area contributed by atoms with Crippen LogP contribution in [0.4, 0.5) is 0 Å². The van der Waals surface area contributed by atoms with Gasteiger partial charge in [0.05, 0.1) is 25.0 Å². The van der Waals surface area contributed by atoms with Gasteiger partial charge in [0.15, 0.2) is 18.2 Å². The van der Waals surface area contributed by atoms with Gasteiger partial charge < -0.3 is 13.9 Å². The Morgan fingerprint density at radius 3 is 2.25 bits per heavy atom. The van der Waals surface area contributed by atoms with E-state index in [0.29, 0.717) is 17.8 Å². The maximum atomic E-state index is 10.1. The molecule has 0 saturated heterocycles. The van der Waals surface area contributed by atoms with Crippen LogP contribution in [0.1, 0.15) is 33.9 Å². The fraction of sp³-hybridized carbons (Fsp3) is 0.267. The van der Waals surface area contributed by atoms with Gasteiger partial charge in [-0.2, -0.15) is 10.5 Å². The van der Waals surface area contributed by atoms with Crippen LogP contribution in [-0.2, 0) is 12.8 Å². The third-order valence-electron chi connectivity index (χ3n) is 2.64. The number of aliphatic hydroxyl groups excluding tert-OH is 1. The Morgan fingerprint density at radius 1 is 1.17 bits per heavy atom. The lowest BCUT2D eigenvalue weighted by Crippen LogP contribution is -2.10. The van der Waals surface area contributed by atoms with Crippen molar-refractivity contribution in [3.8, 4) is 12.1 Å². The number of furan rings is 2. The van der Waals surface area contributed by atoms with E-state index in [1.54, 1.807) is 12.1 Å². The van der Waals surface area contributed by atoms with Crippen molar-refractivity contribution >= 4 is 6.29 Å². The molecule has 2 rings (SSSR count). The molecule has 2 heterocycles. The molecular weight excluding hydrogens is 318 g/mol. The number of aliphatic hydroxyl groups is 1. The Morgan fingerprint density at radius 2 is 1.75 bits per heavy atom. The molecule has 0 aromatic carbocycles. The zero-order chi connectivity index (χ0) is 17.9.